The zero-order chi connectivity index (χ0) is 15.6. The van der Waals surface area contributed by atoms with E-state index in [1.54, 1.807) is 0 Å². The van der Waals surface area contributed by atoms with Crippen LogP contribution in [0.4, 0.5) is 5.69 Å². The van der Waals surface area contributed by atoms with Gasteiger partial charge in [0.2, 0.25) is 10.0 Å². The first kappa shape index (κ1) is 16.9. The first-order valence-electron chi connectivity index (χ1n) is 7.06. The number of anilines is 1. The third kappa shape index (κ3) is 4.25. The van der Waals surface area contributed by atoms with Crippen LogP contribution in [0.25, 0.3) is 0 Å². The molecule has 0 heterocycles. The van der Waals surface area contributed by atoms with Crippen molar-refractivity contribution in [1.29, 1.82) is 0 Å². The van der Waals surface area contributed by atoms with Crippen molar-refractivity contribution in [1.82, 2.24) is 4.72 Å². The maximum Gasteiger partial charge on any atom is 0.244 e. The van der Waals surface area contributed by atoms with E-state index in [2.05, 4.69) is 11.6 Å². The SMILES string of the molecule is CC1CCCC(NS(=O)(=O)c2c(N)cc(Cl)cc2Cl)CC1. The second kappa shape index (κ2) is 6.73. The van der Waals surface area contributed by atoms with Gasteiger partial charge in [0.25, 0.3) is 0 Å². The van der Waals surface area contributed by atoms with Gasteiger partial charge in [-0.2, -0.15) is 0 Å². The van der Waals surface area contributed by atoms with Crippen molar-refractivity contribution in [3.63, 3.8) is 0 Å². The number of nitrogens with two attached hydrogens (primary N) is 1. The van der Waals surface area contributed by atoms with Crippen LogP contribution in [-0.4, -0.2) is 14.5 Å². The van der Waals surface area contributed by atoms with Gasteiger partial charge in [-0.15, -0.1) is 0 Å². The number of halogens is 2. The Balaban J connectivity index is 2.23. The van der Waals surface area contributed by atoms with Gasteiger partial charge in [0.1, 0.15) is 4.90 Å². The molecule has 0 radical (unpaired) electrons. The van der Waals surface area contributed by atoms with Crippen molar-refractivity contribution in [3.05, 3.63) is 22.2 Å². The maximum atomic E-state index is 12.5. The van der Waals surface area contributed by atoms with Gasteiger partial charge >= 0.3 is 0 Å². The fraction of sp³-hybridized carbons (Fsp3) is 0.571. The number of hydrogen-bond donors (Lipinski definition) is 2. The summed E-state index contributed by atoms with van der Waals surface area (Å²) in [5.74, 6) is 0.642. The molecule has 0 aromatic heterocycles. The smallest absolute Gasteiger partial charge is 0.244 e. The van der Waals surface area contributed by atoms with Crippen LogP contribution in [0.3, 0.4) is 0 Å². The van der Waals surface area contributed by atoms with Gasteiger partial charge in [0.15, 0.2) is 0 Å². The molecule has 0 spiro atoms. The summed E-state index contributed by atoms with van der Waals surface area (Å²) in [6.07, 6.45) is 4.87. The summed E-state index contributed by atoms with van der Waals surface area (Å²) in [5.41, 5.74) is 5.85. The molecule has 3 N–H and O–H groups in total. The first-order chi connectivity index (χ1) is 9.79. The molecule has 1 fully saturated rings. The second-order valence-electron chi connectivity index (χ2n) is 5.74. The molecule has 0 amide bonds. The van der Waals surface area contributed by atoms with Crippen molar-refractivity contribution in [3.8, 4) is 0 Å². The maximum absolute atomic E-state index is 12.5. The van der Waals surface area contributed by atoms with Crippen LogP contribution in [0.5, 0.6) is 0 Å². The molecule has 118 valence electrons. The summed E-state index contributed by atoms with van der Waals surface area (Å²) in [7, 11) is -3.74. The average molecular weight is 351 g/mol. The lowest BCUT2D eigenvalue weighted by atomic mass is 10.0. The molecule has 4 nitrogen and oxygen atoms in total. The van der Waals surface area contributed by atoms with Gasteiger partial charge in [-0.25, -0.2) is 13.1 Å². The molecule has 1 aliphatic carbocycles. The number of rotatable bonds is 3. The van der Waals surface area contributed by atoms with Gasteiger partial charge in [0, 0.05) is 11.1 Å². The summed E-state index contributed by atoms with van der Waals surface area (Å²) in [6, 6.07) is 2.73. The highest BCUT2D eigenvalue weighted by Crippen LogP contribution is 2.32. The second-order valence-corrected chi connectivity index (χ2v) is 8.23. The van der Waals surface area contributed by atoms with E-state index in [0.717, 1.165) is 32.1 Å². The van der Waals surface area contributed by atoms with Crippen LogP contribution in [-0.2, 0) is 10.0 Å². The number of benzene rings is 1. The van der Waals surface area contributed by atoms with E-state index in [-0.39, 0.29) is 21.6 Å². The van der Waals surface area contributed by atoms with Gasteiger partial charge in [-0.05, 0) is 37.3 Å². The van der Waals surface area contributed by atoms with E-state index in [4.69, 9.17) is 28.9 Å². The predicted octanol–water partition coefficient (Wildman–Crippen LogP) is 3.82. The predicted molar refractivity (Wildman–Crippen MR) is 87.2 cm³/mol. The van der Waals surface area contributed by atoms with Crippen molar-refractivity contribution >= 4 is 38.9 Å². The monoisotopic (exact) mass is 350 g/mol. The molecule has 7 heteroatoms. The minimum absolute atomic E-state index is 0.0505. The van der Waals surface area contributed by atoms with Crippen LogP contribution in [0.1, 0.15) is 39.0 Å². The van der Waals surface area contributed by atoms with Crippen LogP contribution >= 0.6 is 23.2 Å². The fourth-order valence-corrected chi connectivity index (χ4v) is 5.04. The van der Waals surface area contributed by atoms with Crippen molar-refractivity contribution in [2.45, 2.75) is 50.0 Å². The molecule has 1 aromatic rings. The van der Waals surface area contributed by atoms with Gasteiger partial charge in [-0.3, -0.25) is 0 Å². The number of nitrogens with one attached hydrogen (secondary N) is 1. The quantitative estimate of drug-likeness (QED) is 0.642. The number of nitrogen functional groups attached to an aromatic ring is 1. The van der Waals surface area contributed by atoms with E-state index in [1.807, 2.05) is 0 Å². The highest BCUT2D eigenvalue weighted by Gasteiger charge is 2.26. The standard InChI is InChI=1S/C14H20Cl2N2O2S/c1-9-3-2-4-11(6-5-9)18-21(19,20)14-12(16)7-10(15)8-13(14)17/h7-9,11,18H,2-6,17H2,1H3. The van der Waals surface area contributed by atoms with Crippen LogP contribution in [0, 0.1) is 5.92 Å². The Morgan fingerprint density at radius 3 is 2.57 bits per heavy atom. The highest BCUT2D eigenvalue weighted by molar-refractivity contribution is 7.89. The first-order valence-corrected chi connectivity index (χ1v) is 9.30. The minimum atomic E-state index is -3.74. The molecule has 0 bridgehead atoms. The van der Waals surface area contributed by atoms with Crippen molar-refractivity contribution < 1.29 is 8.42 Å². The molecule has 1 aliphatic rings. The largest absolute Gasteiger partial charge is 0.398 e. The third-order valence-corrected chi connectivity index (χ3v) is 6.15. The van der Waals surface area contributed by atoms with E-state index in [9.17, 15) is 8.42 Å². The van der Waals surface area contributed by atoms with Gasteiger partial charge in [0.05, 0.1) is 10.7 Å². The van der Waals surface area contributed by atoms with E-state index in [0.29, 0.717) is 10.9 Å². The number of hydrogen-bond acceptors (Lipinski definition) is 3. The Morgan fingerprint density at radius 2 is 1.90 bits per heavy atom. The lowest BCUT2D eigenvalue weighted by molar-refractivity contribution is 0.484. The third-order valence-electron chi connectivity index (χ3n) is 3.89. The lowest BCUT2D eigenvalue weighted by Gasteiger charge is -2.18. The Hall–Kier alpha value is -0.490. The van der Waals surface area contributed by atoms with E-state index >= 15 is 0 Å². The number of sulfonamides is 1. The van der Waals surface area contributed by atoms with Crippen LogP contribution in [0.15, 0.2) is 17.0 Å². The van der Waals surface area contributed by atoms with Gasteiger partial charge < -0.3 is 5.73 Å². The zero-order valence-electron chi connectivity index (χ0n) is 11.9. The molecule has 1 saturated carbocycles. The minimum Gasteiger partial charge on any atom is -0.398 e. The van der Waals surface area contributed by atoms with Crippen LogP contribution < -0.4 is 10.5 Å². The summed E-state index contributed by atoms with van der Waals surface area (Å²) < 4.78 is 27.8. The summed E-state index contributed by atoms with van der Waals surface area (Å²) in [4.78, 5) is -0.0779. The Bertz CT molecular complexity index is 596. The van der Waals surface area contributed by atoms with Crippen molar-refractivity contribution in [2.75, 3.05) is 5.73 Å². The van der Waals surface area contributed by atoms with E-state index in [1.165, 1.54) is 12.1 Å². The molecular weight excluding hydrogens is 331 g/mol. The summed E-state index contributed by atoms with van der Waals surface area (Å²) in [5, 5.41) is 0.370. The molecule has 2 rings (SSSR count). The molecule has 1 aromatic carbocycles. The Labute approximate surface area is 136 Å². The normalized spacial score (nSPS) is 23.8. The highest BCUT2D eigenvalue weighted by atomic mass is 35.5. The Morgan fingerprint density at radius 1 is 1.19 bits per heavy atom. The molecule has 2 unspecified atom stereocenters. The summed E-state index contributed by atoms with van der Waals surface area (Å²) in [6.45, 7) is 2.20. The topological polar surface area (TPSA) is 72.2 Å². The molecular formula is C14H20Cl2N2O2S. The van der Waals surface area contributed by atoms with E-state index < -0.39 is 10.0 Å². The summed E-state index contributed by atoms with van der Waals surface area (Å²) >= 11 is 11.8. The van der Waals surface area contributed by atoms with Gasteiger partial charge in [-0.1, -0.05) is 43.0 Å². The lowest BCUT2D eigenvalue weighted by Crippen LogP contribution is -2.35. The molecule has 0 aliphatic heterocycles. The fourth-order valence-electron chi connectivity index (χ4n) is 2.75. The molecule has 0 saturated heterocycles. The average Bonchev–Trinajstić information content (AvgIpc) is 2.52. The Kier molecular flexibility index (Phi) is 5.41. The molecule has 2 atom stereocenters. The van der Waals surface area contributed by atoms with Crippen LogP contribution in [0.2, 0.25) is 10.0 Å². The zero-order valence-corrected chi connectivity index (χ0v) is 14.2. The van der Waals surface area contributed by atoms with Crippen molar-refractivity contribution in [2.24, 2.45) is 5.92 Å². The molecule has 21 heavy (non-hydrogen) atoms.